The Morgan fingerprint density at radius 3 is 2.84 bits per heavy atom. The van der Waals surface area contributed by atoms with Crippen LogP contribution in [-0.2, 0) is 11.2 Å². The summed E-state index contributed by atoms with van der Waals surface area (Å²) < 4.78 is 0.715. The second-order valence-corrected chi connectivity index (χ2v) is 6.13. The maximum atomic E-state index is 11.9. The normalized spacial score (nSPS) is 23.4. The fraction of sp³-hybridized carbons (Fsp3) is 0.500. The lowest BCUT2D eigenvalue weighted by Crippen LogP contribution is -2.25. The first kappa shape index (κ1) is 14.2. The largest absolute Gasteiger partial charge is 0.299 e. The molecule has 1 saturated carbocycles. The summed E-state index contributed by atoms with van der Waals surface area (Å²) in [6.07, 6.45) is 3.23. The highest BCUT2D eigenvalue weighted by Crippen LogP contribution is 2.31. The lowest BCUT2D eigenvalue weighted by molar-refractivity contribution is -0.384. The van der Waals surface area contributed by atoms with Gasteiger partial charge in [0.1, 0.15) is 5.78 Å². The van der Waals surface area contributed by atoms with Crippen molar-refractivity contribution in [2.45, 2.75) is 32.6 Å². The van der Waals surface area contributed by atoms with Crippen LogP contribution in [0, 0.1) is 22.0 Å². The molecule has 0 aliphatic heterocycles. The van der Waals surface area contributed by atoms with Crippen LogP contribution in [-0.4, -0.2) is 10.7 Å². The lowest BCUT2D eigenvalue weighted by atomic mass is 9.78. The monoisotopic (exact) mass is 325 g/mol. The first-order chi connectivity index (χ1) is 8.97. The number of benzene rings is 1. The molecule has 102 valence electrons. The number of Topliss-reactive ketones (excluding diaryl/α,β-unsaturated/α-hetero) is 1. The Morgan fingerprint density at radius 1 is 1.47 bits per heavy atom. The van der Waals surface area contributed by atoms with Gasteiger partial charge in [-0.2, -0.15) is 0 Å². The Balaban J connectivity index is 2.14. The zero-order valence-electron chi connectivity index (χ0n) is 10.8. The fourth-order valence-electron chi connectivity index (χ4n) is 2.61. The first-order valence-electron chi connectivity index (χ1n) is 6.43. The molecule has 0 heterocycles. The Bertz CT molecular complexity index is 515. The van der Waals surface area contributed by atoms with Crippen molar-refractivity contribution in [3.63, 3.8) is 0 Å². The third-order valence-corrected chi connectivity index (χ3v) is 4.48. The van der Waals surface area contributed by atoms with E-state index in [0.29, 0.717) is 29.0 Å². The molecular weight excluding hydrogens is 310 g/mol. The van der Waals surface area contributed by atoms with E-state index in [1.807, 2.05) is 0 Å². The lowest BCUT2D eigenvalue weighted by Gasteiger charge is -2.25. The molecule has 0 radical (unpaired) electrons. The number of nitrogens with zero attached hydrogens (tertiary/aromatic N) is 1. The molecule has 0 saturated heterocycles. The van der Waals surface area contributed by atoms with Crippen molar-refractivity contribution in [1.29, 1.82) is 0 Å². The molecule has 0 bridgehead atoms. The second kappa shape index (κ2) is 5.82. The van der Waals surface area contributed by atoms with E-state index in [2.05, 4.69) is 22.9 Å². The summed E-state index contributed by atoms with van der Waals surface area (Å²) >= 11 is 3.36. The van der Waals surface area contributed by atoms with Crippen molar-refractivity contribution in [3.05, 3.63) is 38.3 Å². The summed E-state index contributed by atoms with van der Waals surface area (Å²) in [5, 5.41) is 10.7. The Hall–Kier alpha value is -1.23. The molecular formula is C14H16BrNO3. The van der Waals surface area contributed by atoms with E-state index >= 15 is 0 Å². The average molecular weight is 326 g/mol. The summed E-state index contributed by atoms with van der Waals surface area (Å²) in [5.74, 6) is 0.962. The number of carbonyl (C=O) groups is 1. The molecule has 2 rings (SSSR count). The van der Waals surface area contributed by atoms with E-state index in [0.717, 1.165) is 18.4 Å². The highest BCUT2D eigenvalue weighted by Gasteiger charge is 2.27. The number of rotatable bonds is 3. The molecule has 4 nitrogen and oxygen atoms in total. The molecule has 0 N–H and O–H groups in total. The Labute approximate surface area is 120 Å². The quantitative estimate of drug-likeness (QED) is 0.625. The van der Waals surface area contributed by atoms with Crippen LogP contribution in [0.1, 0.15) is 31.7 Å². The van der Waals surface area contributed by atoms with Crippen molar-refractivity contribution in [1.82, 2.24) is 0 Å². The molecule has 1 fully saturated rings. The van der Waals surface area contributed by atoms with Crippen molar-refractivity contribution >= 4 is 27.4 Å². The van der Waals surface area contributed by atoms with Gasteiger partial charge in [0, 0.05) is 28.9 Å². The average Bonchev–Trinajstić information content (AvgIpc) is 2.36. The van der Waals surface area contributed by atoms with Gasteiger partial charge >= 0.3 is 0 Å². The molecule has 2 unspecified atom stereocenters. The number of hydrogen-bond donors (Lipinski definition) is 0. The number of ketones is 1. The topological polar surface area (TPSA) is 60.2 Å². The molecule has 0 amide bonds. The van der Waals surface area contributed by atoms with Crippen LogP contribution in [0.3, 0.4) is 0 Å². The van der Waals surface area contributed by atoms with Gasteiger partial charge in [-0.05, 0) is 30.7 Å². The van der Waals surface area contributed by atoms with E-state index in [1.54, 1.807) is 6.07 Å². The smallest absolute Gasteiger partial charge is 0.270 e. The molecule has 1 aromatic rings. The van der Waals surface area contributed by atoms with Crippen LogP contribution >= 0.6 is 15.9 Å². The highest BCUT2D eigenvalue weighted by molar-refractivity contribution is 9.10. The molecule has 1 aliphatic rings. The zero-order valence-corrected chi connectivity index (χ0v) is 12.4. The van der Waals surface area contributed by atoms with E-state index in [1.165, 1.54) is 12.1 Å². The maximum absolute atomic E-state index is 11.9. The van der Waals surface area contributed by atoms with Gasteiger partial charge in [0.15, 0.2) is 0 Å². The number of hydrogen-bond acceptors (Lipinski definition) is 3. The maximum Gasteiger partial charge on any atom is 0.270 e. The van der Waals surface area contributed by atoms with Crippen LogP contribution in [0.25, 0.3) is 0 Å². The van der Waals surface area contributed by atoms with E-state index in [4.69, 9.17) is 0 Å². The zero-order chi connectivity index (χ0) is 14.0. The molecule has 19 heavy (non-hydrogen) atoms. The van der Waals surface area contributed by atoms with Crippen LogP contribution in [0.5, 0.6) is 0 Å². The number of nitro groups is 1. The van der Waals surface area contributed by atoms with Gasteiger partial charge in [0.05, 0.1) is 4.92 Å². The SMILES string of the molecule is CC1CCC(=O)C(Cc2ccc([N+](=O)[O-])cc2Br)C1. The molecule has 2 atom stereocenters. The summed E-state index contributed by atoms with van der Waals surface area (Å²) in [6, 6.07) is 4.75. The van der Waals surface area contributed by atoms with Gasteiger partial charge in [0.2, 0.25) is 0 Å². The van der Waals surface area contributed by atoms with Crippen molar-refractivity contribution in [2.24, 2.45) is 11.8 Å². The minimum absolute atomic E-state index is 0.0570. The second-order valence-electron chi connectivity index (χ2n) is 5.28. The Kier molecular flexibility index (Phi) is 4.34. The van der Waals surface area contributed by atoms with E-state index in [-0.39, 0.29) is 11.6 Å². The van der Waals surface area contributed by atoms with Gasteiger partial charge in [-0.15, -0.1) is 0 Å². The van der Waals surface area contributed by atoms with Crippen LogP contribution in [0.2, 0.25) is 0 Å². The van der Waals surface area contributed by atoms with Gasteiger partial charge in [-0.1, -0.05) is 28.9 Å². The van der Waals surface area contributed by atoms with Crippen molar-refractivity contribution in [2.75, 3.05) is 0 Å². The highest BCUT2D eigenvalue weighted by atomic mass is 79.9. The summed E-state index contributed by atoms with van der Waals surface area (Å²) in [5.41, 5.74) is 1.04. The van der Waals surface area contributed by atoms with E-state index in [9.17, 15) is 14.9 Å². The predicted molar refractivity (Wildman–Crippen MR) is 76.0 cm³/mol. The van der Waals surface area contributed by atoms with Gasteiger partial charge in [-0.3, -0.25) is 14.9 Å². The van der Waals surface area contributed by atoms with Crippen LogP contribution in [0.15, 0.2) is 22.7 Å². The third-order valence-electron chi connectivity index (χ3n) is 3.74. The molecule has 5 heteroatoms. The minimum Gasteiger partial charge on any atom is -0.299 e. The molecule has 1 aliphatic carbocycles. The van der Waals surface area contributed by atoms with E-state index < -0.39 is 4.92 Å². The third kappa shape index (κ3) is 3.41. The number of nitro benzene ring substituents is 1. The predicted octanol–water partition coefficient (Wildman–Crippen LogP) is 3.91. The standard InChI is InChI=1S/C14H16BrNO3/c1-9-2-5-14(17)11(6-9)7-10-3-4-12(16(18)19)8-13(10)15/h3-4,8-9,11H,2,5-7H2,1H3. The first-order valence-corrected chi connectivity index (χ1v) is 7.22. The minimum atomic E-state index is -0.414. The summed E-state index contributed by atoms with van der Waals surface area (Å²) in [7, 11) is 0. The van der Waals surface area contributed by atoms with Gasteiger partial charge in [-0.25, -0.2) is 0 Å². The van der Waals surface area contributed by atoms with Crippen LogP contribution < -0.4 is 0 Å². The summed E-state index contributed by atoms with van der Waals surface area (Å²) in [6.45, 7) is 2.17. The van der Waals surface area contributed by atoms with Crippen molar-refractivity contribution in [3.8, 4) is 0 Å². The van der Waals surface area contributed by atoms with Crippen LogP contribution in [0.4, 0.5) is 5.69 Å². The number of halogens is 1. The fourth-order valence-corrected chi connectivity index (χ4v) is 3.13. The molecule has 0 spiro atoms. The van der Waals surface area contributed by atoms with Gasteiger partial charge < -0.3 is 0 Å². The summed E-state index contributed by atoms with van der Waals surface area (Å²) in [4.78, 5) is 22.2. The molecule has 0 aromatic heterocycles. The number of carbonyl (C=O) groups excluding carboxylic acids is 1. The molecule has 1 aromatic carbocycles. The number of non-ortho nitro benzene ring substituents is 1. The van der Waals surface area contributed by atoms with Gasteiger partial charge in [0.25, 0.3) is 5.69 Å². The van der Waals surface area contributed by atoms with Crippen molar-refractivity contribution < 1.29 is 9.72 Å². The Morgan fingerprint density at radius 2 is 2.21 bits per heavy atom.